The first-order chi connectivity index (χ1) is 44.9. The molecule has 0 saturated carbocycles. The van der Waals surface area contributed by atoms with E-state index in [-0.39, 0.29) is 80.2 Å². The van der Waals surface area contributed by atoms with E-state index in [0.717, 1.165) is 0 Å². The van der Waals surface area contributed by atoms with E-state index >= 15 is 4.79 Å². The van der Waals surface area contributed by atoms with Gasteiger partial charge in [0.05, 0.1) is 19.9 Å². The Morgan fingerprint density at radius 1 is 0.670 bits per heavy atom. The zero-order chi connectivity index (χ0) is 67.4. The van der Waals surface area contributed by atoms with E-state index in [4.69, 9.17) is 10.5 Å². The lowest BCUT2D eigenvalue weighted by Gasteiger charge is -2.37. The minimum atomic E-state index is -2.02. The Morgan fingerprint density at radius 3 is 1.80 bits per heavy atom. The maximum Gasteiger partial charge on any atom is 0.305 e. The Hall–Kier alpha value is -11.0. The monoisotopic (exact) mass is 1290 g/mol. The van der Waals surface area contributed by atoms with Gasteiger partial charge in [-0.15, -0.1) is 0 Å². The van der Waals surface area contributed by atoms with Gasteiger partial charge in [-0.3, -0.25) is 52.7 Å². The summed E-state index contributed by atoms with van der Waals surface area (Å²) < 4.78 is 35.0. The maximum atomic E-state index is 15.2. The standard InChI is InChI=1S/C65H72F2N14O13/c1-34-57(86)75-49(24-38-30-71-46-17-13-40(66)26-44(38)46)59(88)76-50(25-39-31-72-47-18-14-41(67)27-45(39)47)60(89)78-52(29-55(83)84)62(91)77-51(28-42-32-69-33-73-42)61(90)79-53(23-36-9-15-43(94-3)16-10-36)63(92)81-21-5-19-65(81,2)64(93)80-48(56(68)85)22-35-7-11-37(12-8-35)58(87)70-20-4-6-54(82)74-34/h7-18,26-27,30-34,48-53,71-72H,4-6,19-25,28-29H2,1-3H3,(H2,68,85)(H,69,73)(H,70,87)(H,74,82)(H,75,86)(H,76,88)(H,77,91)(H,78,89)(H,79,90)(H,80,93)(H,83,84)/t34-,48+,49+,50+,51+,52+,53+,65+/m1/s1. The highest BCUT2D eigenvalue weighted by Gasteiger charge is 2.48. The Bertz CT molecular complexity index is 3990. The minimum absolute atomic E-state index is 0.0129. The molecule has 0 unspecified atom stereocenters. The van der Waals surface area contributed by atoms with Crippen LogP contribution in [0.4, 0.5) is 8.78 Å². The number of aliphatic carboxylic acids is 1. The topological polar surface area (TPSA) is 403 Å². The SMILES string of the molecule is COc1ccc(C[C@@H]2NC(=O)[C@H](Cc3cnc[nH]3)NC(=O)[C@H](CC(=O)O)NC(=O)[C@H](Cc3c[nH]c4ccc(F)cc34)NC(=O)[C@H](Cc3c[nH]c4ccc(F)cc34)NC(=O)[C@@H](C)NC(=O)CCCNC(=O)c3ccc(cc3)C[C@@H](C(N)=O)NC(=O)[C@]3(C)CCCN3C2=O)cc1. The molecule has 10 amide bonds. The number of hydrogen-bond acceptors (Lipinski definition) is 13. The van der Waals surface area contributed by atoms with Crippen molar-refractivity contribution in [1.82, 2.24) is 67.4 Å². The fraction of sp³-hybridized carbons (Fsp3) is 0.354. The van der Waals surface area contributed by atoms with Gasteiger partial charge in [-0.2, -0.15) is 0 Å². The average Bonchev–Trinajstić information content (AvgIpc) is 1.59. The molecule has 494 valence electrons. The molecule has 8 atom stereocenters. The number of carbonyl (C=O) groups excluding carboxylic acids is 10. The first-order valence-electron chi connectivity index (χ1n) is 30.4. The van der Waals surface area contributed by atoms with Crippen molar-refractivity contribution in [2.24, 2.45) is 5.73 Å². The summed E-state index contributed by atoms with van der Waals surface area (Å²) in [5.74, 6) is -11.3. The number of nitrogens with zero attached hydrogens (tertiary/aromatic N) is 2. The van der Waals surface area contributed by atoms with Crippen molar-refractivity contribution in [2.45, 2.75) is 126 Å². The molecule has 29 heteroatoms. The molecular weight excluding hydrogens is 1220 g/mol. The summed E-state index contributed by atoms with van der Waals surface area (Å²) in [5.41, 5.74) is 7.19. The fourth-order valence-corrected chi connectivity index (χ4v) is 11.5. The van der Waals surface area contributed by atoms with Crippen molar-refractivity contribution in [1.29, 1.82) is 0 Å². The molecule has 3 aliphatic rings. The number of halogens is 2. The third kappa shape index (κ3) is 16.7. The molecule has 4 aromatic carbocycles. The van der Waals surface area contributed by atoms with Gasteiger partial charge in [0.2, 0.25) is 53.2 Å². The second kappa shape index (κ2) is 30.0. The van der Waals surface area contributed by atoms with E-state index in [1.165, 1.54) is 99.3 Å². The molecule has 1 fully saturated rings. The van der Waals surface area contributed by atoms with E-state index in [1.807, 2.05) is 0 Å². The Balaban J connectivity index is 1.08. The molecule has 0 aliphatic carbocycles. The average molecular weight is 1300 g/mol. The number of aromatic amines is 3. The summed E-state index contributed by atoms with van der Waals surface area (Å²) in [6.45, 7) is 2.88. The maximum absolute atomic E-state index is 15.2. The summed E-state index contributed by atoms with van der Waals surface area (Å²) in [7, 11) is 1.46. The summed E-state index contributed by atoms with van der Waals surface area (Å²) >= 11 is 0. The van der Waals surface area contributed by atoms with E-state index in [9.17, 15) is 61.8 Å². The van der Waals surface area contributed by atoms with Crippen molar-refractivity contribution in [3.8, 4) is 5.75 Å². The summed E-state index contributed by atoms with van der Waals surface area (Å²) in [6.07, 6.45) is 3.30. The second-order valence-corrected chi connectivity index (χ2v) is 23.5. The lowest BCUT2D eigenvalue weighted by Crippen LogP contribution is -2.63. The van der Waals surface area contributed by atoms with Crippen molar-refractivity contribution < 1.29 is 71.4 Å². The Kier molecular flexibility index (Phi) is 21.5. The van der Waals surface area contributed by atoms with Crippen LogP contribution in [0.5, 0.6) is 5.75 Å². The van der Waals surface area contributed by atoms with Gasteiger partial charge in [-0.1, -0.05) is 24.3 Å². The lowest BCUT2D eigenvalue weighted by molar-refractivity contribution is -0.147. The van der Waals surface area contributed by atoms with Crippen LogP contribution in [0.1, 0.15) is 84.3 Å². The molecule has 94 heavy (non-hydrogen) atoms. The molecule has 0 radical (unpaired) electrons. The molecule has 7 aromatic rings. The molecule has 3 aromatic heterocycles. The quantitative estimate of drug-likeness (QED) is 0.0771. The molecule has 14 N–H and O–H groups in total. The Labute approximate surface area is 536 Å². The molecule has 6 heterocycles. The van der Waals surface area contributed by atoms with Gasteiger partial charge in [-0.25, -0.2) is 13.8 Å². The van der Waals surface area contributed by atoms with Crippen LogP contribution in [-0.4, -0.2) is 163 Å². The number of carboxylic acids is 1. The number of methoxy groups -OCH3 is 1. The van der Waals surface area contributed by atoms with Gasteiger partial charge in [-0.05, 0) is 116 Å². The van der Waals surface area contributed by atoms with Gasteiger partial charge in [0.25, 0.3) is 5.91 Å². The molecule has 2 bridgehead atoms. The van der Waals surface area contributed by atoms with Crippen molar-refractivity contribution in [2.75, 3.05) is 20.2 Å². The van der Waals surface area contributed by atoms with Crippen LogP contribution in [0.25, 0.3) is 21.8 Å². The predicted octanol–water partition coefficient (Wildman–Crippen LogP) is 1.45. The number of amides is 10. The van der Waals surface area contributed by atoms with Crippen molar-refractivity contribution in [3.63, 3.8) is 0 Å². The van der Waals surface area contributed by atoms with E-state index in [2.05, 4.69) is 62.5 Å². The number of fused-ring (bicyclic) bond motifs is 30. The Morgan fingerprint density at radius 2 is 1.23 bits per heavy atom. The molecule has 0 spiro atoms. The number of rotatable bonds is 12. The smallest absolute Gasteiger partial charge is 0.305 e. The molecule has 10 rings (SSSR count). The second-order valence-electron chi connectivity index (χ2n) is 23.5. The number of hydrogen-bond donors (Lipinski definition) is 13. The lowest BCUT2D eigenvalue weighted by atomic mass is 9.94. The van der Waals surface area contributed by atoms with Crippen molar-refractivity contribution in [3.05, 3.63) is 155 Å². The van der Waals surface area contributed by atoms with Gasteiger partial charge >= 0.3 is 5.97 Å². The minimum Gasteiger partial charge on any atom is -0.497 e. The fourth-order valence-electron chi connectivity index (χ4n) is 11.5. The normalized spacial score (nSPS) is 23.0. The van der Waals surface area contributed by atoms with E-state index < -0.39 is 137 Å². The number of aromatic nitrogens is 4. The number of imidazole rings is 1. The highest BCUT2D eigenvalue weighted by molar-refractivity contribution is 6.01. The predicted molar refractivity (Wildman–Crippen MR) is 335 cm³/mol. The van der Waals surface area contributed by atoms with Crippen LogP contribution >= 0.6 is 0 Å². The van der Waals surface area contributed by atoms with E-state index in [1.54, 1.807) is 36.4 Å². The number of carbonyl (C=O) groups is 11. The third-order valence-electron chi connectivity index (χ3n) is 16.7. The first-order valence-corrected chi connectivity index (χ1v) is 30.4. The van der Waals surface area contributed by atoms with Crippen molar-refractivity contribution >= 4 is 86.8 Å². The van der Waals surface area contributed by atoms with Crippen LogP contribution in [0.15, 0.2) is 110 Å². The van der Waals surface area contributed by atoms with Crippen LogP contribution in [0, 0.1) is 11.6 Å². The molecule has 1 saturated heterocycles. The van der Waals surface area contributed by atoms with Crippen LogP contribution in [-0.2, 0) is 80.0 Å². The number of primary amides is 1. The molecule has 27 nitrogen and oxygen atoms in total. The third-order valence-corrected chi connectivity index (χ3v) is 16.7. The van der Waals surface area contributed by atoms with Gasteiger partial charge in [0.15, 0.2) is 0 Å². The van der Waals surface area contributed by atoms with E-state index in [0.29, 0.717) is 45.3 Å². The zero-order valence-corrected chi connectivity index (χ0v) is 51.5. The van der Waals surface area contributed by atoms with Crippen LogP contribution < -0.4 is 53.0 Å². The summed E-state index contributed by atoms with van der Waals surface area (Å²) in [5, 5.41) is 31.9. The number of nitrogens with one attached hydrogen (secondary N) is 11. The number of benzene rings is 4. The number of ether oxygens (including phenoxy) is 1. The van der Waals surface area contributed by atoms with Gasteiger partial charge in [0, 0.05) is 103 Å². The van der Waals surface area contributed by atoms with Gasteiger partial charge < -0.3 is 78.0 Å². The summed E-state index contributed by atoms with van der Waals surface area (Å²) in [4.78, 5) is 170. The largest absolute Gasteiger partial charge is 0.497 e. The highest BCUT2D eigenvalue weighted by Crippen LogP contribution is 2.31. The number of H-pyrrole nitrogens is 3. The number of nitrogens with two attached hydrogens (primary N) is 1. The summed E-state index contributed by atoms with van der Waals surface area (Å²) in [6, 6.07) is 9.14. The first kappa shape index (κ1) is 67.4. The number of carboxylic acid groups (broad SMARTS) is 1. The molecule has 3 aliphatic heterocycles. The van der Waals surface area contributed by atoms with Crippen LogP contribution in [0.3, 0.4) is 0 Å². The molecular formula is C65H72F2N14O13. The van der Waals surface area contributed by atoms with Gasteiger partial charge in [0.1, 0.15) is 65.2 Å². The zero-order valence-electron chi connectivity index (χ0n) is 51.5. The highest BCUT2D eigenvalue weighted by atomic mass is 19.1. The van der Waals surface area contributed by atoms with Crippen LogP contribution in [0.2, 0.25) is 0 Å².